The maximum atomic E-state index is 12.8. The van der Waals surface area contributed by atoms with Crippen molar-refractivity contribution in [3.8, 4) is 0 Å². The minimum Gasteiger partial charge on any atom is -0.381 e. The van der Waals surface area contributed by atoms with E-state index < -0.39 is 11.7 Å². The lowest BCUT2D eigenvalue weighted by molar-refractivity contribution is -0.137. The number of anilines is 1. The first-order valence-corrected chi connectivity index (χ1v) is 7.89. The van der Waals surface area contributed by atoms with Gasteiger partial charge in [0.1, 0.15) is 0 Å². The van der Waals surface area contributed by atoms with Gasteiger partial charge in [-0.05, 0) is 47.0 Å². The number of rotatable bonds is 2. The molecule has 0 aromatic heterocycles. The van der Waals surface area contributed by atoms with Crippen molar-refractivity contribution >= 4 is 21.6 Å². The van der Waals surface area contributed by atoms with Gasteiger partial charge in [0, 0.05) is 16.2 Å². The van der Waals surface area contributed by atoms with Gasteiger partial charge in [-0.2, -0.15) is 13.2 Å². The maximum Gasteiger partial charge on any atom is 0.416 e. The predicted octanol–water partition coefficient (Wildman–Crippen LogP) is 5.99. The van der Waals surface area contributed by atoms with E-state index in [1.807, 2.05) is 0 Å². The molecule has 1 fully saturated rings. The van der Waals surface area contributed by atoms with Crippen LogP contribution in [0.4, 0.5) is 18.9 Å². The van der Waals surface area contributed by atoms with Gasteiger partial charge in [0.05, 0.1) is 5.56 Å². The molecule has 1 saturated carbocycles. The third-order valence-electron chi connectivity index (χ3n) is 3.76. The van der Waals surface area contributed by atoms with Crippen molar-refractivity contribution < 1.29 is 13.2 Å². The van der Waals surface area contributed by atoms with Crippen LogP contribution in [0.3, 0.4) is 0 Å². The first kappa shape index (κ1) is 15.7. The number of hydrogen-bond donors (Lipinski definition) is 1. The van der Waals surface area contributed by atoms with Crippen LogP contribution in [-0.2, 0) is 6.18 Å². The molecule has 0 bridgehead atoms. The van der Waals surface area contributed by atoms with Crippen LogP contribution in [-0.4, -0.2) is 6.04 Å². The standard InChI is InChI=1S/C15H19BrF3N/c16-13-9-8-11(15(17,18)19)10-14(13)20-12-6-4-2-1-3-5-7-12/h8-10,12,20H,1-7H2. The molecule has 20 heavy (non-hydrogen) atoms. The summed E-state index contributed by atoms with van der Waals surface area (Å²) in [6.45, 7) is 0. The van der Waals surface area contributed by atoms with Gasteiger partial charge >= 0.3 is 6.18 Å². The fourth-order valence-electron chi connectivity index (χ4n) is 2.63. The van der Waals surface area contributed by atoms with E-state index in [-0.39, 0.29) is 6.04 Å². The van der Waals surface area contributed by atoms with Crippen LogP contribution in [0.5, 0.6) is 0 Å². The molecule has 0 spiro atoms. The second kappa shape index (κ2) is 6.83. The lowest BCUT2D eigenvalue weighted by atomic mass is 9.96. The van der Waals surface area contributed by atoms with Crippen molar-refractivity contribution in [1.82, 2.24) is 0 Å². The predicted molar refractivity (Wildman–Crippen MR) is 78.9 cm³/mol. The van der Waals surface area contributed by atoms with E-state index in [4.69, 9.17) is 0 Å². The van der Waals surface area contributed by atoms with Crippen molar-refractivity contribution in [1.29, 1.82) is 0 Å². The second-order valence-electron chi connectivity index (χ2n) is 5.38. The molecular weight excluding hydrogens is 331 g/mol. The van der Waals surface area contributed by atoms with Gasteiger partial charge in [0.2, 0.25) is 0 Å². The Hall–Kier alpha value is -0.710. The number of hydrogen-bond acceptors (Lipinski definition) is 1. The van der Waals surface area contributed by atoms with E-state index in [9.17, 15) is 13.2 Å². The average molecular weight is 350 g/mol. The van der Waals surface area contributed by atoms with E-state index in [0.717, 1.165) is 31.7 Å². The zero-order valence-corrected chi connectivity index (χ0v) is 12.9. The van der Waals surface area contributed by atoms with Crippen LogP contribution in [0.25, 0.3) is 0 Å². The quantitative estimate of drug-likeness (QED) is 0.691. The highest BCUT2D eigenvalue weighted by atomic mass is 79.9. The van der Waals surface area contributed by atoms with Crippen molar-refractivity contribution in [2.24, 2.45) is 0 Å². The summed E-state index contributed by atoms with van der Waals surface area (Å²) >= 11 is 3.33. The Morgan fingerprint density at radius 3 is 2.20 bits per heavy atom. The lowest BCUT2D eigenvalue weighted by Crippen LogP contribution is -2.21. The van der Waals surface area contributed by atoms with Gasteiger partial charge in [-0.1, -0.05) is 32.1 Å². The minimum atomic E-state index is -4.29. The van der Waals surface area contributed by atoms with Crippen molar-refractivity contribution in [3.05, 3.63) is 28.2 Å². The fraction of sp³-hybridized carbons (Fsp3) is 0.600. The summed E-state index contributed by atoms with van der Waals surface area (Å²) < 4.78 is 38.9. The molecule has 112 valence electrons. The third kappa shape index (κ3) is 4.40. The smallest absolute Gasteiger partial charge is 0.381 e. The first-order chi connectivity index (χ1) is 9.47. The van der Waals surface area contributed by atoms with Crippen LogP contribution in [0, 0.1) is 0 Å². The van der Waals surface area contributed by atoms with Crippen LogP contribution in [0.1, 0.15) is 50.5 Å². The molecule has 0 atom stereocenters. The summed E-state index contributed by atoms with van der Waals surface area (Å²) in [7, 11) is 0. The summed E-state index contributed by atoms with van der Waals surface area (Å²) in [4.78, 5) is 0. The Labute approximate surface area is 126 Å². The highest BCUT2D eigenvalue weighted by Gasteiger charge is 2.31. The van der Waals surface area contributed by atoms with Crippen molar-refractivity contribution in [2.45, 2.75) is 57.2 Å². The van der Waals surface area contributed by atoms with E-state index in [1.54, 1.807) is 0 Å². The molecule has 0 saturated heterocycles. The van der Waals surface area contributed by atoms with Gasteiger partial charge in [0.15, 0.2) is 0 Å². The van der Waals surface area contributed by atoms with Crippen LogP contribution in [0.2, 0.25) is 0 Å². The molecule has 2 rings (SSSR count). The van der Waals surface area contributed by atoms with E-state index >= 15 is 0 Å². The van der Waals surface area contributed by atoms with Gasteiger partial charge in [0.25, 0.3) is 0 Å². The normalized spacial score (nSPS) is 18.4. The monoisotopic (exact) mass is 349 g/mol. The average Bonchev–Trinajstić information content (AvgIpc) is 2.33. The molecule has 1 aromatic rings. The lowest BCUT2D eigenvalue weighted by Gasteiger charge is -2.23. The molecule has 1 nitrogen and oxygen atoms in total. The molecule has 0 aliphatic heterocycles. The summed E-state index contributed by atoms with van der Waals surface area (Å²) in [6.07, 6.45) is 3.79. The topological polar surface area (TPSA) is 12.0 Å². The van der Waals surface area contributed by atoms with E-state index in [2.05, 4.69) is 21.2 Å². The van der Waals surface area contributed by atoms with Crippen LogP contribution in [0.15, 0.2) is 22.7 Å². The Balaban J connectivity index is 2.10. The van der Waals surface area contributed by atoms with E-state index in [0.29, 0.717) is 10.2 Å². The molecule has 0 amide bonds. The van der Waals surface area contributed by atoms with Gasteiger partial charge in [-0.3, -0.25) is 0 Å². The molecule has 1 N–H and O–H groups in total. The van der Waals surface area contributed by atoms with Crippen molar-refractivity contribution in [2.75, 3.05) is 5.32 Å². The Bertz CT molecular complexity index is 437. The number of nitrogens with one attached hydrogen (secondary N) is 1. The molecule has 1 aromatic carbocycles. The summed E-state index contributed by atoms with van der Waals surface area (Å²) in [6, 6.07) is 4.04. The number of alkyl halides is 3. The SMILES string of the molecule is FC(F)(F)c1ccc(Br)c(NC2CCCCCCC2)c1. The Morgan fingerprint density at radius 2 is 1.60 bits per heavy atom. The molecule has 0 radical (unpaired) electrons. The number of benzene rings is 1. The molecule has 1 aliphatic carbocycles. The van der Waals surface area contributed by atoms with Crippen molar-refractivity contribution in [3.63, 3.8) is 0 Å². The molecule has 1 aliphatic rings. The van der Waals surface area contributed by atoms with Gasteiger partial charge in [-0.15, -0.1) is 0 Å². The maximum absolute atomic E-state index is 12.8. The van der Waals surface area contributed by atoms with Gasteiger partial charge in [-0.25, -0.2) is 0 Å². The summed E-state index contributed by atoms with van der Waals surface area (Å²) in [5.41, 5.74) is -0.0561. The Kier molecular flexibility index (Phi) is 5.35. The molecule has 0 unspecified atom stereocenters. The Morgan fingerprint density at radius 1 is 1.00 bits per heavy atom. The van der Waals surface area contributed by atoms with E-state index in [1.165, 1.54) is 31.4 Å². The molecule has 0 heterocycles. The molecular formula is C15H19BrF3N. The molecule has 5 heteroatoms. The fourth-order valence-corrected chi connectivity index (χ4v) is 2.99. The zero-order valence-electron chi connectivity index (χ0n) is 11.3. The first-order valence-electron chi connectivity index (χ1n) is 7.10. The third-order valence-corrected chi connectivity index (χ3v) is 4.45. The minimum absolute atomic E-state index is 0.273. The highest BCUT2D eigenvalue weighted by molar-refractivity contribution is 9.10. The largest absolute Gasteiger partial charge is 0.416 e. The highest BCUT2D eigenvalue weighted by Crippen LogP contribution is 2.34. The number of halogens is 4. The van der Waals surface area contributed by atoms with Gasteiger partial charge < -0.3 is 5.32 Å². The summed E-state index contributed by atoms with van der Waals surface area (Å²) in [5, 5.41) is 3.28. The van der Waals surface area contributed by atoms with Crippen LogP contribution < -0.4 is 5.32 Å². The zero-order chi connectivity index (χ0) is 14.6. The second-order valence-corrected chi connectivity index (χ2v) is 6.23. The van der Waals surface area contributed by atoms with Crippen LogP contribution >= 0.6 is 15.9 Å². The summed E-state index contributed by atoms with van der Waals surface area (Å²) in [5.74, 6) is 0.